The molecule has 0 saturated carbocycles. The summed E-state index contributed by atoms with van der Waals surface area (Å²) in [5.74, 6) is 0.481. The first-order chi connectivity index (χ1) is 15.9. The number of carbonyl (C=O) groups is 1. The van der Waals surface area contributed by atoms with E-state index >= 15 is 0 Å². The van der Waals surface area contributed by atoms with Crippen LogP contribution in [0.1, 0.15) is 27.1 Å². The smallest absolute Gasteiger partial charge is 0.266 e. The molecule has 3 heterocycles. The summed E-state index contributed by atoms with van der Waals surface area (Å²) >= 11 is 0. The normalized spacial score (nSPS) is 15.7. The molecule has 4 rings (SSSR count). The van der Waals surface area contributed by atoms with E-state index in [0.717, 1.165) is 16.4 Å². The van der Waals surface area contributed by atoms with Crippen LogP contribution >= 0.6 is 0 Å². The highest BCUT2D eigenvalue weighted by Crippen LogP contribution is 2.29. The predicted octanol–water partition coefficient (Wildman–Crippen LogP) is 2.26. The average Bonchev–Trinajstić information content (AvgIpc) is 3.10. The van der Waals surface area contributed by atoms with E-state index < -0.39 is 13.2 Å². The molecule has 0 saturated heterocycles. The van der Waals surface area contributed by atoms with Gasteiger partial charge in [-0.05, 0) is 42.0 Å². The predicted molar refractivity (Wildman–Crippen MR) is 106 cm³/mol. The number of nitrogens with zero attached hydrogens (tertiary/aromatic N) is 4. The molecule has 0 radical (unpaired) electrons. The van der Waals surface area contributed by atoms with E-state index in [9.17, 15) is 14.0 Å². The molecule has 0 atom stereocenters. The Morgan fingerprint density at radius 3 is 2.70 bits per heavy atom. The Kier molecular flexibility index (Phi) is 4.20. The molecule has 8 nitrogen and oxygen atoms in total. The van der Waals surface area contributed by atoms with Gasteiger partial charge in [0, 0.05) is 18.7 Å². The number of anilines is 1. The van der Waals surface area contributed by atoms with E-state index in [1.54, 1.807) is 18.2 Å². The summed E-state index contributed by atoms with van der Waals surface area (Å²) in [6.45, 7) is -6.54. The number of benzene rings is 1. The molecular weight excluding hydrogens is 391 g/mol. The number of fused-ring (bicyclic) bond motifs is 1. The molecule has 1 aromatic carbocycles. The maximum atomic E-state index is 13.3. The SMILES string of the molecule is [2H]C([2H])(F)C([2H])([2H])Oc1ccc(COc2ccc3c(c2)CN(c2ccc(=O)n(C)n2)C3=O)nc1. The lowest BCUT2D eigenvalue weighted by Gasteiger charge is -2.14. The third-order valence-electron chi connectivity index (χ3n) is 4.50. The molecular formula is C21H19FN4O4. The first-order valence-corrected chi connectivity index (χ1v) is 8.89. The van der Waals surface area contributed by atoms with Crippen LogP contribution in [-0.2, 0) is 20.2 Å². The van der Waals surface area contributed by atoms with Crippen molar-refractivity contribution in [2.75, 3.05) is 18.1 Å². The molecule has 1 amide bonds. The highest BCUT2D eigenvalue weighted by atomic mass is 19.1. The molecule has 0 fully saturated rings. The third-order valence-corrected chi connectivity index (χ3v) is 4.50. The standard InChI is InChI=1S/C21H19FN4O4/c1-25-20(27)7-6-19(24-25)26-12-14-10-16(4-5-18(14)21(26)28)30-13-15-2-3-17(11-23-15)29-9-8-22/h2-7,10-11H,8-9,12-13H2,1H3/i8D2,9D2. The van der Waals surface area contributed by atoms with E-state index in [1.807, 2.05) is 0 Å². The van der Waals surface area contributed by atoms with Crippen LogP contribution in [0.25, 0.3) is 0 Å². The van der Waals surface area contributed by atoms with Crippen molar-refractivity contribution in [2.45, 2.75) is 13.2 Å². The van der Waals surface area contributed by atoms with Crippen LogP contribution in [0.4, 0.5) is 10.2 Å². The highest BCUT2D eigenvalue weighted by Gasteiger charge is 2.30. The van der Waals surface area contributed by atoms with Crippen molar-refractivity contribution in [3.8, 4) is 11.5 Å². The number of ether oxygens (including phenoxy) is 2. The minimum absolute atomic E-state index is 0.0515. The van der Waals surface area contributed by atoms with Gasteiger partial charge in [-0.15, -0.1) is 0 Å². The van der Waals surface area contributed by atoms with Gasteiger partial charge in [0.1, 0.15) is 31.3 Å². The molecule has 154 valence electrons. The monoisotopic (exact) mass is 414 g/mol. The second kappa shape index (κ2) is 8.32. The van der Waals surface area contributed by atoms with Crippen LogP contribution < -0.4 is 19.9 Å². The second-order valence-electron chi connectivity index (χ2n) is 6.44. The van der Waals surface area contributed by atoms with Gasteiger partial charge in [0.25, 0.3) is 11.5 Å². The van der Waals surface area contributed by atoms with Gasteiger partial charge in [0.05, 0.1) is 23.9 Å². The summed E-state index contributed by atoms with van der Waals surface area (Å²) < 4.78 is 53.2. The minimum Gasteiger partial charge on any atom is -0.489 e. The van der Waals surface area contributed by atoms with Crippen LogP contribution in [0.3, 0.4) is 0 Å². The number of aryl methyl sites for hydroxylation is 1. The van der Waals surface area contributed by atoms with Crippen LogP contribution in [-0.4, -0.2) is 33.9 Å². The lowest BCUT2D eigenvalue weighted by Crippen LogP contribution is -2.28. The first kappa shape index (κ1) is 15.1. The molecule has 2 aromatic heterocycles. The quantitative estimate of drug-likeness (QED) is 0.590. The Hall–Kier alpha value is -3.75. The molecule has 0 N–H and O–H groups in total. The van der Waals surface area contributed by atoms with Crippen LogP contribution in [0.5, 0.6) is 11.5 Å². The van der Waals surface area contributed by atoms with Gasteiger partial charge in [-0.25, -0.2) is 9.07 Å². The number of alkyl halides is 1. The van der Waals surface area contributed by atoms with Crippen molar-refractivity contribution in [1.29, 1.82) is 0 Å². The summed E-state index contributed by atoms with van der Waals surface area (Å²) in [6.07, 6.45) is 1.14. The number of amides is 1. The number of halogens is 1. The number of rotatable bonds is 7. The summed E-state index contributed by atoms with van der Waals surface area (Å²) in [6, 6.07) is 10.7. The van der Waals surface area contributed by atoms with Crippen molar-refractivity contribution in [3.63, 3.8) is 0 Å². The fourth-order valence-electron chi connectivity index (χ4n) is 3.00. The lowest BCUT2D eigenvalue weighted by molar-refractivity contribution is 0.0995. The number of hydrogen-bond acceptors (Lipinski definition) is 6. The zero-order valence-electron chi connectivity index (χ0n) is 19.8. The van der Waals surface area contributed by atoms with Gasteiger partial charge in [-0.1, -0.05) is 0 Å². The van der Waals surface area contributed by atoms with E-state index in [1.165, 1.54) is 36.2 Å². The fourth-order valence-corrected chi connectivity index (χ4v) is 3.00. The Morgan fingerprint density at radius 2 is 1.97 bits per heavy atom. The fraction of sp³-hybridized carbons (Fsp3) is 0.238. The Balaban J connectivity index is 1.41. The molecule has 1 aliphatic rings. The van der Waals surface area contributed by atoms with Crippen LogP contribution in [0.15, 0.2) is 53.5 Å². The van der Waals surface area contributed by atoms with Gasteiger partial charge in [0.2, 0.25) is 0 Å². The number of aromatic nitrogens is 3. The summed E-state index contributed by atoms with van der Waals surface area (Å²) in [5, 5.41) is 4.12. The van der Waals surface area contributed by atoms with Crippen molar-refractivity contribution in [2.24, 2.45) is 7.05 Å². The molecule has 0 unspecified atom stereocenters. The zero-order chi connectivity index (χ0) is 24.7. The van der Waals surface area contributed by atoms with Crippen LogP contribution in [0.2, 0.25) is 0 Å². The topological polar surface area (TPSA) is 86.5 Å². The van der Waals surface area contributed by atoms with E-state index in [0.29, 0.717) is 22.8 Å². The summed E-state index contributed by atoms with van der Waals surface area (Å²) in [5.41, 5.74) is 1.42. The Labute approximate surface area is 177 Å². The molecule has 30 heavy (non-hydrogen) atoms. The number of hydrogen-bond donors (Lipinski definition) is 0. The molecule has 3 aromatic rings. The lowest BCUT2D eigenvalue weighted by atomic mass is 10.1. The van der Waals surface area contributed by atoms with Crippen molar-refractivity contribution < 1.29 is 24.1 Å². The van der Waals surface area contributed by atoms with Crippen LogP contribution in [0, 0.1) is 0 Å². The molecule has 1 aliphatic heterocycles. The molecule has 0 spiro atoms. The molecule has 9 heteroatoms. The van der Waals surface area contributed by atoms with E-state index in [4.69, 9.17) is 15.0 Å². The highest BCUT2D eigenvalue weighted by molar-refractivity contribution is 6.09. The third kappa shape index (κ3) is 4.00. The first-order valence-electron chi connectivity index (χ1n) is 10.9. The maximum absolute atomic E-state index is 13.3. The average molecular weight is 414 g/mol. The van der Waals surface area contributed by atoms with Gasteiger partial charge in [-0.3, -0.25) is 19.5 Å². The number of pyridine rings is 1. The van der Waals surface area contributed by atoms with Crippen molar-refractivity contribution in [1.82, 2.24) is 14.8 Å². The van der Waals surface area contributed by atoms with Crippen molar-refractivity contribution >= 4 is 11.7 Å². The Bertz CT molecular complexity index is 1300. The summed E-state index contributed by atoms with van der Waals surface area (Å²) in [4.78, 5) is 29.8. The van der Waals surface area contributed by atoms with Gasteiger partial charge < -0.3 is 9.47 Å². The van der Waals surface area contributed by atoms with E-state index in [-0.39, 0.29) is 30.4 Å². The largest absolute Gasteiger partial charge is 0.489 e. The molecule has 0 aliphatic carbocycles. The maximum Gasteiger partial charge on any atom is 0.266 e. The van der Waals surface area contributed by atoms with Gasteiger partial charge in [-0.2, -0.15) is 5.10 Å². The second-order valence-corrected chi connectivity index (χ2v) is 6.44. The molecule has 0 bridgehead atoms. The van der Waals surface area contributed by atoms with Gasteiger partial charge in [0.15, 0.2) is 5.82 Å². The zero-order valence-corrected chi connectivity index (χ0v) is 15.8. The van der Waals surface area contributed by atoms with E-state index in [2.05, 4.69) is 10.1 Å². The summed E-state index contributed by atoms with van der Waals surface area (Å²) in [7, 11) is 1.51. The number of carbonyl (C=O) groups excluding carboxylic acids is 1. The van der Waals surface area contributed by atoms with Crippen molar-refractivity contribution in [3.05, 3.63) is 75.8 Å². The Morgan fingerprint density at radius 1 is 1.13 bits per heavy atom. The van der Waals surface area contributed by atoms with Gasteiger partial charge >= 0.3 is 0 Å². The minimum atomic E-state index is -3.69.